The Hall–Kier alpha value is -2.48. The molecule has 1 aliphatic heterocycles. The number of aromatic amines is 1. The van der Waals surface area contributed by atoms with E-state index >= 15 is 0 Å². The van der Waals surface area contributed by atoms with Gasteiger partial charge in [0.25, 0.3) is 0 Å². The van der Waals surface area contributed by atoms with Gasteiger partial charge in [-0.25, -0.2) is 4.98 Å². The number of hydrogen-bond acceptors (Lipinski definition) is 6. The summed E-state index contributed by atoms with van der Waals surface area (Å²) in [6, 6.07) is 0. The van der Waals surface area contributed by atoms with Crippen molar-refractivity contribution < 1.29 is 0 Å². The predicted molar refractivity (Wildman–Crippen MR) is 86.3 cm³/mol. The van der Waals surface area contributed by atoms with E-state index in [9.17, 15) is 0 Å². The number of rotatable bonds is 3. The third-order valence-electron chi connectivity index (χ3n) is 4.36. The Labute approximate surface area is 134 Å². The summed E-state index contributed by atoms with van der Waals surface area (Å²) in [5, 5.41) is 11.6. The van der Waals surface area contributed by atoms with Gasteiger partial charge < -0.3 is 4.90 Å². The van der Waals surface area contributed by atoms with Crippen molar-refractivity contribution in [3.63, 3.8) is 0 Å². The van der Waals surface area contributed by atoms with Gasteiger partial charge in [0.2, 0.25) is 0 Å². The van der Waals surface area contributed by atoms with E-state index in [2.05, 4.69) is 42.0 Å². The number of nitrogens with zero attached hydrogens (tertiary/aromatic N) is 7. The van der Waals surface area contributed by atoms with Crippen molar-refractivity contribution >= 4 is 11.5 Å². The first-order chi connectivity index (χ1) is 11.2. The van der Waals surface area contributed by atoms with Gasteiger partial charge in [0, 0.05) is 44.0 Å². The van der Waals surface area contributed by atoms with Crippen LogP contribution in [0, 0.1) is 13.8 Å². The first-order valence-corrected chi connectivity index (χ1v) is 7.84. The van der Waals surface area contributed by atoms with E-state index in [1.54, 1.807) is 6.20 Å². The zero-order valence-corrected chi connectivity index (χ0v) is 13.4. The van der Waals surface area contributed by atoms with Crippen LogP contribution in [0.3, 0.4) is 0 Å². The molecule has 3 aromatic heterocycles. The standard InChI is InChI=1S/C15H20N8/c1-11-13(7-17-19-11)10-21-3-5-22(6-4-21)15-9-16-8-14-18-12(2)20-23(14)15/h7-9H,3-6,10H2,1-2H3,(H,17,19). The van der Waals surface area contributed by atoms with Crippen molar-refractivity contribution in [2.75, 3.05) is 31.1 Å². The molecular formula is C15H20N8. The average Bonchev–Trinajstić information content (AvgIpc) is 3.13. The van der Waals surface area contributed by atoms with Crippen LogP contribution in [0.4, 0.5) is 5.82 Å². The molecule has 1 aliphatic rings. The third kappa shape index (κ3) is 2.65. The zero-order chi connectivity index (χ0) is 15.8. The molecule has 0 amide bonds. The van der Waals surface area contributed by atoms with E-state index in [0.717, 1.165) is 55.7 Å². The van der Waals surface area contributed by atoms with E-state index in [4.69, 9.17) is 0 Å². The molecule has 1 N–H and O–H groups in total. The molecule has 0 saturated carbocycles. The summed E-state index contributed by atoms with van der Waals surface area (Å²) in [5.74, 6) is 1.79. The molecule has 3 aromatic rings. The van der Waals surface area contributed by atoms with Gasteiger partial charge in [-0.05, 0) is 13.8 Å². The van der Waals surface area contributed by atoms with Crippen molar-refractivity contribution in [3.8, 4) is 0 Å². The molecule has 0 bridgehead atoms. The number of piperazine rings is 1. The minimum absolute atomic E-state index is 0.772. The molecule has 0 unspecified atom stereocenters. The van der Waals surface area contributed by atoms with Crippen LogP contribution in [0.15, 0.2) is 18.6 Å². The zero-order valence-electron chi connectivity index (χ0n) is 13.4. The van der Waals surface area contributed by atoms with Gasteiger partial charge in [0.1, 0.15) is 5.82 Å². The number of anilines is 1. The highest BCUT2D eigenvalue weighted by Crippen LogP contribution is 2.17. The van der Waals surface area contributed by atoms with E-state index in [1.807, 2.05) is 23.8 Å². The van der Waals surface area contributed by atoms with Crippen molar-refractivity contribution in [3.05, 3.63) is 35.7 Å². The molecule has 4 heterocycles. The molecule has 0 aliphatic carbocycles. The Bertz CT molecular complexity index is 812. The topological polar surface area (TPSA) is 78.2 Å². The fourth-order valence-electron chi connectivity index (χ4n) is 3.04. The molecule has 8 nitrogen and oxygen atoms in total. The smallest absolute Gasteiger partial charge is 0.176 e. The lowest BCUT2D eigenvalue weighted by molar-refractivity contribution is 0.248. The minimum Gasteiger partial charge on any atom is -0.353 e. The number of fused-ring (bicyclic) bond motifs is 1. The lowest BCUT2D eigenvalue weighted by Gasteiger charge is -2.35. The molecule has 23 heavy (non-hydrogen) atoms. The first-order valence-electron chi connectivity index (χ1n) is 7.84. The third-order valence-corrected chi connectivity index (χ3v) is 4.36. The van der Waals surface area contributed by atoms with Crippen molar-refractivity contribution in [2.24, 2.45) is 0 Å². The van der Waals surface area contributed by atoms with Gasteiger partial charge in [-0.1, -0.05) is 0 Å². The Morgan fingerprint density at radius 3 is 2.65 bits per heavy atom. The van der Waals surface area contributed by atoms with E-state index in [-0.39, 0.29) is 0 Å². The maximum atomic E-state index is 4.48. The highest BCUT2D eigenvalue weighted by atomic mass is 15.4. The summed E-state index contributed by atoms with van der Waals surface area (Å²) >= 11 is 0. The summed E-state index contributed by atoms with van der Waals surface area (Å²) in [6.07, 6.45) is 5.54. The van der Waals surface area contributed by atoms with Crippen LogP contribution in [-0.2, 0) is 6.54 Å². The summed E-state index contributed by atoms with van der Waals surface area (Å²) < 4.78 is 1.89. The second-order valence-corrected chi connectivity index (χ2v) is 5.98. The fraction of sp³-hybridized carbons (Fsp3) is 0.467. The molecule has 0 radical (unpaired) electrons. The Morgan fingerprint density at radius 1 is 1.09 bits per heavy atom. The maximum absolute atomic E-state index is 4.48. The fourth-order valence-corrected chi connectivity index (χ4v) is 3.04. The summed E-state index contributed by atoms with van der Waals surface area (Å²) in [7, 11) is 0. The highest BCUT2D eigenvalue weighted by molar-refractivity contribution is 5.47. The lowest BCUT2D eigenvalue weighted by Crippen LogP contribution is -2.46. The van der Waals surface area contributed by atoms with E-state index < -0.39 is 0 Å². The Balaban J connectivity index is 1.47. The number of nitrogens with one attached hydrogen (secondary N) is 1. The number of aromatic nitrogens is 6. The molecule has 1 saturated heterocycles. The van der Waals surface area contributed by atoms with Crippen LogP contribution in [-0.4, -0.2) is 60.9 Å². The molecule has 0 spiro atoms. The SMILES string of the molecule is Cc1nc2cncc(N3CCN(Cc4cn[nH]c4C)CC3)n2n1. The van der Waals surface area contributed by atoms with Crippen molar-refractivity contribution in [1.82, 2.24) is 34.7 Å². The van der Waals surface area contributed by atoms with E-state index in [1.165, 1.54) is 5.56 Å². The number of hydrogen-bond donors (Lipinski definition) is 1. The second-order valence-electron chi connectivity index (χ2n) is 5.98. The second kappa shape index (κ2) is 5.62. The van der Waals surface area contributed by atoms with Gasteiger partial charge in [-0.15, -0.1) is 5.10 Å². The van der Waals surface area contributed by atoms with Crippen LogP contribution in [0.25, 0.3) is 5.65 Å². The van der Waals surface area contributed by atoms with Gasteiger partial charge in [-0.2, -0.15) is 9.61 Å². The molecule has 1 fully saturated rings. The van der Waals surface area contributed by atoms with Gasteiger partial charge >= 0.3 is 0 Å². The van der Waals surface area contributed by atoms with Gasteiger partial charge in [-0.3, -0.25) is 15.0 Å². The minimum atomic E-state index is 0.772. The van der Waals surface area contributed by atoms with Crippen LogP contribution in [0.5, 0.6) is 0 Å². The first kappa shape index (κ1) is 14.1. The molecule has 0 atom stereocenters. The molecule has 120 valence electrons. The summed E-state index contributed by atoms with van der Waals surface area (Å²) in [4.78, 5) is 13.5. The van der Waals surface area contributed by atoms with Crippen molar-refractivity contribution in [1.29, 1.82) is 0 Å². The maximum Gasteiger partial charge on any atom is 0.176 e. The molecule has 4 rings (SSSR count). The predicted octanol–water partition coefficient (Wildman–Crippen LogP) is 0.786. The molecular weight excluding hydrogens is 292 g/mol. The summed E-state index contributed by atoms with van der Waals surface area (Å²) in [5.41, 5.74) is 3.23. The monoisotopic (exact) mass is 312 g/mol. The van der Waals surface area contributed by atoms with Crippen LogP contribution in [0.1, 0.15) is 17.1 Å². The molecule has 0 aromatic carbocycles. The largest absolute Gasteiger partial charge is 0.353 e. The Morgan fingerprint density at radius 2 is 1.91 bits per heavy atom. The lowest BCUT2D eigenvalue weighted by atomic mass is 10.2. The highest BCUT2D eigenvalue weighted by Gasteiger charge is 2.20. The molecule has 8 heteroatoms. The number of aryl methyl sites for hydroxylation is 2. The number of H-pyrrole nitrogens is 1. The van der Waals surface area contributed by atoms with Crippen LogP contribution >= 0.6 is 0 Å². The van der Waals surface area contributed by atoms with Gasteiger partial charge in [0.15, 0.2) is 11.5 Å². The average molecular weight is 312 g/mol. The summed E-state index contributed by atoms with van der Waals surface area (Å²) in [6.45, 7) is 8.84. The van der Waals surface area contributed by atoms with Crippen LogP contribution in [0.2, 0.25) is 0 Å². The Kier molecular flexibility index (Phi) is 3.45. The van der Waals surface area contributed by atoms with Crippen molar-refractivity contribution in [2.45, 2.75) is 20.4 Å². The van der Waals surface area contributed by atoms with Gasteiger partial charge in [0.05, 0.1) is 18.6 Å². The normalized spacial score (nSPS) is 16.3. The van der Waals surface area contributed by atoms with Crippen LogP contribution < -0.4 is 4.90 Å². The quantitative estimate of drug-likeness (QED) is 0.770. The van der Waals surface area contributed by atoms with E-state index in [0.29, 0.717) is 0 Å².